The maximum atomic E-state index is 11.9. The molecule has 2 aromatic rings. The van der Waals surface area contributed by atoms with Gasteiger partial charge < -0.3 is 5.32 Å². The molecule has 0 unspecified atom stereocenters. The van der Waals surface area contributed by atoms with Crippen LogP contribution in [0.25, 0.3) is 0 Å². The van der Waals surface area contributed by atoms with Crippen LogP contribution in [0.1, 0.15) is 16.8 Å². The molecule has 1 aromatic carbocycles. The molecule has 1 heterocycles. The van der Waals surface area contributed by atoms with Crippen molar-refractivity contribution in [2.24, 2.45) is 0 Å². The predicted octanol–water partition coefficient (Wildman–Crippen LogP) is 3.80. The Labute approximate surface area is 121 Å². The van der Waals surface area contributed by atoms with Gasteiger partial charge in [-0.2, -0.15) is 0 Å². The number of amides is 1. The zero-order valence-electron chi connectivity index (χ0n) is 11.2. The third kappa shape index (κ3) is 4.36. The molecular weight excluding hydrogens is 276 g/mol. The molecule has 0 atom stereocenters. The maximum Gasteiger partial charge on any atom is 0.234 e. The quantitative estimate of drug-likeness (QED) is 0.872. The summed E-state index contributed by atoms with van der Waals surface area (Å²) in [6.45, 7) is 6.00. The van der Waals surface area contributed by atoms with Crippen LogP contribution in [0, 0.1) is 20.8 Å². The van der Waals surface area contributed by atoms with Gasteiger partial charge in [-0.15, -0.1) is 11.3 Å². The van der Waals surface area contributed by atoms with Crippen LogP contribution in [0.5, 0.6) is 0 Å². The van der Waals surface area contributed by atoms with Gasteiger partial charge in [-0.3, -0.25) is 4.79 Å². The molecule has 0 saturated carbocycles. The molecule has 19 heavy (non-hydrogen) atoms. The number of aryl methyl sites for hydroxylation is 3. The Morgan fingerprint density at radius 2 is 1.95 bits per heavy atom. The zero-order chi connectivity index (χ0) is 13.8. The van der Waals surface area contributed by atoms with Crippen LogP contribution >= 0.6 is 23.1 Å². The normalized spacial score (nSPS) is 10.5. The summed E-state index contributed by atoms with van der Waals surface area (Å²) in [5.41, 5.74) is 4.16. The summed E-state index contributed by atoms with van der Waals surface area (Å²) in [6.07, 6.45) is 0. The lowest BCUT2D eigenvalue weighted by atomic mass is 10.1. The van der Waals surface area contributed by atoms with Gasteiger partial charge in [0.25, 0.3) is 0 Å². The fourth-order valence-corrected chi connectivity index (χ4v) is 3.42. The van der Waals surface area contributed by atoms with Crippen LogP contribution in [-0.2, 0) is 4.79 Å². The number of thiazole rings is 1. The van der Waals surface area contributed by atoms with Gasteiger partial charge in [0.1, 0.15) is 0 Å². The second kappa shape index (κ2) is 6.21. The Kier molecular flexibility index (Phi) is 4.61. The summed E-state index contributed by atoms with van der Waals surface area (Å²) in [5, 5.41) is 4.91. The minimum Gasteiger partial charge on any atom is -0.325 e. The topological polar surface area (TPSA) is 42.0 Å². The summed E-state index contributed by atoms with van der Waals surface area (Å²) in [7, 11) is 0. The SMILES string of the molecule is Cc1cc(C)cc(NC(=O)CSc2nc(C)cs2)c1. The Morgan fingerprint density at radius 1 is 1.26 bits per heavy atom. The van der Waals surface area contributed by atoms with Gasteiger partial charge in [0.2, 0.25) is 5.91 Å². The second-order valence-electron chi connectivity index (χ2n) is 4.47. The lowest BCUT2D eigenvalue weighted by Crippen LogP contribution is -2.14. The van der Waals surface area contributed by atoms with Crippen LogP contribution in [0.4, 0.5) is 5.69 Å². The zero-order valence-corrected chi connectivity index (χ0v) is 12.8. The number of thioether (sulfide) groups is 1. The highest BCUT2D eigenvalue weighted by Crippen LogP contribution is 2.22. The molecule has 0 fully saturated rings. The number of benzene rings is 1. The van der Waals surface area contributed by atoms with Crippen molar-refractivity contribution in [3.8, 4) is 0 Å². The van der Waals surface area contributed by atoms with E-state index in [2.05, 4.69) is 16.4 Å². The minimum absolute atomic E-state index is 0.00264. The van der Waals surface area contributed by atoms with Gasteiger partial charge >= 0.3 is 0 Å². The van der Waals surface area contributed by atoms with Crippen LogP contribution in [0.15, 0.2) is 27.9 Å². The number of carbonyl (C=O) groups excluding carboxylic acids is 1. The third-order valence-corrected chi connectivity index (χ3v) is 4.57. The standard InChI is InChI=1S/C14H16N2OS2/c1-9-4-10(2)6-12(5-9)16-13(17)8-19-14-15-11(3)7-18-14/h4-7H,8H2,1-3H3,(H,16,17). The third-order valence-electron chi connectivity index (χ3n) is 2.43. The molecule has 0 spiro atoms. The molecule has 1 N–H and O–H groups in total. The first-order chi connectivity index (χ1) is 9.02. The Morgan fingerprint density at radius 3 is 2.53 bits per heavy atom. The van der Waals surface area contributed by atoms with Gasteiger partial charge in [-0.1, -0.05) is 17.8 Å². The smallest absolute Gasteiger partial charge is 0.234 e. The molecule has 0 aliphatic rings. The highest BCUT2D eigenvalue weighted by molar-refractivity contribution is 8.01. The minimum atomic E-state index is 0.00264. The van der Waals surface area contributed by atoms with Crippen molar-refractivity contribution < 1.29 is 4.79 Å². The van der Waals surface area contributed by atoms with E-state index in [-0.39, 0.29) is 5.91 Å². The molecule has 0 bridgehead atoms. The van der Waals surface area contributed by atoms with E-state index >= 15 is 0 Å². The maximum absolute atomic E-state index is 11.9. The van der Waals surface area contributed by atoms with Crippen molar-refractivity contribution in [3.63, 3.8) is 0 Å². The molecule has 0 radical (unpaired) electrons. The number of nitrogens with zero attached hydrogens (tertiary/aromatic N) is 1. The summed E-state index contributed by atoms with van der Waals surface area (Å²) in [4.78, 5) is 16.2. The number of hydrogen-bond donors (Lipinski definition) is 1. The fraction of sp³-hybridized carbons (Fsp3) is 0.286. The Hall–Kier alpha value is -1.33. The van der Waals surface area contributed by atoms with Crippen LogP contribution in [-0.4, -0.2) is 16.6 Å². The van der Waals surface area contributed by atoms with Gasteiger partial charge in [0.05, 0.1) is 5.75 Å². The van der Waals surface area contributed by atoms with E-state index < -0.39 is 0 Å². The van der Waals surface area contributed by atoms with Gasteiger partial charge in [0.15, 0.2) is 4.34 Å². The number of hydrogen-bond acceptors (Lipinski definition) is 4. The summed E-state index contributed by atoms with van der Waals surface area (Å²) >= 11 is 3.05. The van der Waals surface area contributed by atoms with E-state index in [1.807, 2.05) is 38.3 Å². The van der Waals surface area contributed by atoms with E-state index in [4.69, 9.17) is 0 Å². The monoisotopic (exact) mass is 292 g/mol. The van der Waals surface area contributed by atoms with Crippen molar-refractivity contribution in [2.45, 2.75) is 25.1 Å². The molecule has 100 valence electrons. The number of carbonyl (C=O) groups is 1. The number of rotatable bonds is 4. The first-order valence-electron chi connectivity index (χ1n) is 5.96. The van der Waals surface area contributed by atoms with Crippen molar-refractivity contribution in [2.75, 3.05) is 11.1 Å². The van der Waals surface area contributed by atoms with E-state index in [0.717, 1.165) is 26.8 Å². The average Bonchev–Trinajstić information content (AvgIpc) is 2.71. The highest BCUT2D eigenvalue weighted by atomic mass is 32.2. The lowest BCUT2D eigenvalue weighted by Gasteiger charge is -2.06. The predicted molar refractivity (Wildman–Crippen MR) is 82.1 cm³/mol. The summed E-state index contributed by atoms with van der Waals surface area (Å²) < 4.78 is 0.938. The average molecular weight is 292 g/mol. The first kappa shape index (κ1) is 14.1. The van der Waals surface area contributed by atoms with Crippen molar-refractivity contribution in [1.82, 2.24) is 4.98 Å². The first-order valence-corrected chi connectivity index (χ1v) is 7.82. The van der Waals surface area contributed by atoms with Gasteiger partial charge in [-0.05, 0) is 44.0 Å². The summed E-state index contributed by atoms with van der Waals surface area (Å²) in [6, 6.07) is 6.04. The van der Waals surface area contributed by atoms with E-state index in [9.17, 15) is 4.79 Å². The largest absolute Gasteiger partial charge is 0.325 e. The van der Waals surface area contributed by atoms with Crippen molar-refractivity contribution in [1.29, 1.82) is 0 Å². The molecule has 1 aromatic heterocycles. The molecule has 2 rings (SSSR count). The molecule has 0 saturated heterocycles. The number of nitrogens with one attached hydrogen (secondary N) is 1. The molecule has 0 aliphatic carbocycles. The highest BCUT2D eigenvalue weighted by Gasteiger charge is 2.06. The Bertz CT molecular complexity index is 573. The van der Waals surface area contributed by atoms with E-state index in [1.165, 1.54) is 11.8 Å². The number of anilines is 1. The van der Waals surface area contributed by atoms with Crippen molar-refractivity contribution >= 4 is 34.7 Å². The number of aromatic nitrogens is 1. The van der Waals surface area contributed by atoms with Crippen LogP contribution in [0.2, 0.25) is 0 Å². The summed E-state index contributed by atoms with van der Waals surface area (Å²) in [5.74, 6) is 0.391. The molecule has 3 nitrogen and oxygen atoms in total. The lowest BCUT2D eigenvalue weighted by molar-refractivity contribution is -0.113. The van der Waals surface area contributed by atoms with Crippen molar-refractivity contribution in [3.05, 3.63) is 40.4 Å². The molecule has 1 amide bonds. The molecular formula is C14H16N2OS2. The van der Waals surface area contributed by atoms with Gasteiger partial charge in [0, 0.05) is 16.8 Å². The van der Waals surface area contributed by atoms with Crippen LogP contribution in [0.3, 0.4) is 0 Å². The molecule has 0 aliphatic heterocycles. The second-order valence-corrected chi connectivity index (χ2v) is 6.55. The van der Waals surface area contributed by atoms with Crippen LogP contribution < -0.4 is 5.32 Å². The van der Waals surface area contributed by atoms with E-state index in [1.54, 1.807) is 11.3 Å². The fourth-order valence-electron chi connectivity index (χ4n) is 1.77. The Balaban J connectivity index is 1.90. The van der Waals surface area contributed by atoms with E-state index in [0.29, 0.717) is 5.75 Å². The molecule has 5 heteroatoms. The van der Waals surface area contributed by atoms with Gasteiger partial charge in [-0.25, -0.2) is 4.98 Å².